The zero-order valence-corrected chi connectivity index (χ0v) is 7.14. The van der Waals surface area contributed by atoms with E-state index in [4.69, 9.17) is 0 Å². The number of carbonyl (C=O) groups excluding carboxylic acids is 1. The molecular weight excluding hydrogens is 126 g/mol. The van der Waals surface area contributed by atoms with Gasteiger partial charge >= 0.3 is 0 Å². The predicted molar refractivity (Wildman–Crippen MR) is 41.6 cm³/mol. The Morgan fingerprint density at radius 1 is 1.50 bits per heavy atom. The highest BCUT2D eigenvalue weighted by Crippen LogP contribution is 2.25. The van der Waals surface area contributed by atoms with Gasteiger partial charge in [0.15, 0.2) is 0 Å². The van der Waals surface area contributed by atoms with Crippen LogP contribution in [0.1, 0.15) is 27.7 Å². The summed E-state index contributed by atoms with van der Waals surface area (Å²) in [5.74, 6) is 0.546. The van der Waals surface area contributed by atoms with Gasteiger partial charge in [-0.05, 0) is 11.3 Å². The standard InChI is InChI=1S/C8H15NO/c1-7(2)8(3,4)5-9-6-10/h7H,5H2,1-4H3. The van der Waals surface area contributed by atoms with E-state index >= 15 is 0 Å². The van der Waals surface area contributed by atoms with Crippen molar-refractivity contribution in [2.75, 3.05) is 6.54 Å². The number of rotatable bonds is 3. The van der Waals surface area contributed by atoms with Gasteiger partial charge in [-0.15, -0.1) is 0 Å². The third kappa shape index (κ3) is 2.79. The van der Waals surface area contributed by atoms with Crippen molar-refractivity contribution in [3.63, 3.8) is 0 Å². The summed E-state index contributed by atoms with van der Waals surface area (Å²) in [6, 6.07) is 0. The summed E-state index contributed by atoms with van der Waals surface area (Å²) in [6.45, 7) is 9.02. The summed E-state index contributed by atoms with van der Waals surface area (Å²) >= 11 is 0. The zero-order chi connectivity index (χ0) is 8.20. The highest BCUT2D eigenvalue weighted by atomic mass is 16.1. The normalized spacial score (nSPS) is 11.3. The summed E-state index contributed by atoms with van der Waals surface area (Å²) < 4.78 is 0. The highest BCUT2D eigenvalue weighted by Gasteiger charge is 2.21. The van der Waals surface area contributed by atoms with Crippen LogP contribution in [0.15, 0.2) is 4.99 Å². The molecule has 0 N–H and O–H groups in total. The Labute approximate surface area is 62.4 Å². The molecule has 0 aliphatic rings. The van der Waals surface area contributed by atoms with Crippen LogP contribution >= 0.6 is 0 Å². The van der Waals surface area contributed by atoms with Crippen molar-refractivity contribution in [2.45, 2.75) is 27.7 Å². The maximum atomic E-state index is 9.78. The molecule has 0 saturated heterocycles. The third-order valence-electron chi connectivity index (χ3n) is 2.11. The molecule has 0 atom stereocenters. The monoisotopic (exact) mass is 141 g/mol. The van der Waals surface area contributed by atoms with E-state index in [9.17, 15) is 4.79 Å². The molecule has 0 unspecified atom stereocenters. The molecule has 10 heavy (non-hydrogen) atoms. The van der Waals surface area contributed by atoms with Gasteiger partial charge in [0.1, 0.15) is 0 Å². The Bertz CT molecular complexity index is 143. The Morgan fingerprint density at radius 3 is 2.30 bits per heavy atom. The van der Waals surface area contributed by atoms with Gasteiger partial charge in [0.05, 0.1) is 6.54 Å². The minimum Gasteiger partial charge on any atom is -0.211 e. The van der Waals surface area contributed by atoms with Crippen LogP contribution < -0.4 is 0 Å². The molecule has 0 aliphatic carbocycles. The van der Waals surface area contributed by atoms with E-state index in [2.05, 4.69) is 32.7 Å². The molecule has 0 aromatic carbocycles. The number of aliphatic imine (C=N–C) groups is 1. The average Bonchev–Trinajstić information content (AvgIpc) is 1.84. The van der Waals surface area contributed by atoms with E-state index in [-0.39, 0.29) is 5.41 Å². The number of isocyanates is 1. The lowest BCUT2D eigenvalue weighted by Crippen LogP contribution is -2.22. The molecule has 0 fully saturated rings. The minimum absolute atomic E-state index is 0.122. The second kappa shape index (κ2) is 3.52. The highest BCUT2D eigenvalue weighted by molar-refractivity contribution is 5.32. The number of hydrogen-bond donors (Lipinski definition) is 0. The van der Waals surface area contributed by atoms with Crippen molar-refractivity contribution >= 4 is 6.08 Å². The topological polar surface area (TPSA) is 29.4 Å². The van der Waals surface area contributed by atoms with Crippen molar-refractivity contribution in [3.05, 3.63) is 0 Å². The zero-order valence-electron chi connectivity index (χ0n) is 7.14. The first-order valence-electron chi connectivity index (χ1n) is 3.54. The van der Waals surface area contributed by atoms with Crippen LogP contribution in [0.4, 0.5) is 0 Å². The third-order valence-corrected chi connectivity index (χ3v) is 2.11. The lowest BCUT2D eigenvalue weighted by Gasteiger charge is -2.25. The summed E-state index contributed by atoms with van der Waals surface area (Å²) in [5, 5.41) is 0. The van der Waals surface area contributed by atoms with E-state index < -0.39 is 0 Å². The first kappa shape index (κ1) is 9.38. The maximum absolute atomic E-state index is 9.78. The summed E-state index contributed by atoms with van der Waals surface area (Å²) in [4.78, 5) is 13.3. The largest absolute Gasteiger partial charge is 0.234 e. The maximum Gasteiger partial charge on any atom is 0.234 e. The van der Waals surface area contributed by atoms with Gasteiger partial charge in [-0.1, -0.05) is 27.7 Å². The van der Waals surface area contributed by atoms with E-state index in [0.29, 0.717) is 12.5 Å². The Balaban J connectivity index is 3.98. The summed E-state index contributed by atoms with van der Waals surface area (Å²) in [7, 11) is 0. The molecule has 0 rings (SSSR count). The van der Waals surface area contributed by atoms with E-state index in [0.717, 1.165) is 0 Å². The summed E-state index contributed by atoms with van der Waals surface area (Å²) in [6.07, 6.45) is 1.55. The van der Waals surface area contributed by atoms with Crippen LogP contribution in [-0.2, 0) is 4.79 Å². The summed E-state index contributed by atoms with van der Waals surface area (Å²) in [5.41, 5.74) is 0.122. The molecule has 0 spiro atoms. The average molecular weight is 141 g/mol. The molecular formula is C8H15NO. The van der Waals surface area contributed by atoms with Crippen LogP contribution in [0, 0.1) is 11.3 Å². The minimum atomic E-state index is 0.122. The fourth-order valence-electron chi connectivity index (χ4n) is 0.419. The fourth-order valence-corrected chi connectivity index (χ4v) is 0.419. The van der Waals surface area contributed by atoms with Gasteiger partial charge in [0.2, 0.25) is 6.08 Å². The second-order valence-corrected chi connectivity index (χ2v) is 3.55. The van der Waals surface area contributed by atoms with Crippen molar-refractivity contribution in [2.24, 2.45) is 16.3 Å². The molecule has 0 saturated carbocycles. The first-order chi connectivity index (χ1) is 4.50. The number of hydrogen-bond acceptors (Lipinski definition) is 2. The molecule has 0 bridgehead atoms. The molecule has 2 nitrogen and oxygen atoms in total. The van der Waals surface area contributed by atoms with E-state index in [1.54, 1.807) is 6.08 Å². The van der Waals surface area contributed by atoms with Crippen molar-refractivity contribution in [3.8, 4) is 0 Å². The smallest absolute Gasteiger partial charge is 0.211 e. The van der Waals surface area contributed by atoms with Crippen molar-refractivity contribution < 1.29 is 4.79 Å². The van der Waals surface area contributed by atoms with Crippen LogP contribution in [0.3, 0.4) is 0 Å². The van der Waals surface area contributed by atoms with E-state index in [1.807, 2.05) is 0 Å². The second-order valence-electron chi connectivity index (χ2n) is 3.55. The SMILES string of the molecule is CC(C)C(C)(C)CN=C=O. The molecule has 0 aliphatic heterocycles. The Morgan fingerprint density at radius 2 is 2.00 bits per heavy atom. The molecule has 0 aromatic rings. The van der Waals surface area contributed by atoms with E-state index in [1.165, 1.54) is 0 Å². The fraction of sp³-hybridized carbons (Fsp3) is 0.875. The molecule has 2 heteroatoms. The lowest BCUT2D eigenvalue weighted by molar-refractivity contribution is 0.262. The number of nitrogens with zero attached hydrogens (tertiary/aromatic N) is 1. The molecule has 58 valence electrons. The van der Waals surface area contributed by atoms with Gasteiger partial charge in [0, 0.05) is 0 Å². The molecule has 0 heterocycles. The van der Waals surface area contributed by atoms with Crippen molar-refractivity contribution in [1.82, 2.24) is 0 Å². The van der Waals surface area contributed by atoms with Gasteiger partial charge < -0.3 is 0 Å². The predicted octanol–water partition coefficient (Wildman–Crippen LogP) is 2.00. The molecule has 0 aromatic heterocycles. The lowest BCUT2D eigenvalue weighted by atomic mass is 9.81. The Kier molecular flexibility index (Phi) is 3.31. The van der Waals surface area contributed by atoms with Crippen LogP contribution in [0.25, 0.3) is 0 Å². The first-order valence-corrected chi connectivity index (χ1v) is 3.54. The van der Waals surface area contributed by atoms with Gasteiger partial charge in [-0.25, -0.2) is 9.79 Å². The molecule has 0 radical (unpaired) electrons. The Hall–Kier alpha value is -0.620. The molecule has 0 amide bonds. The van der Waals surface area contributed by atoms with Crippen LogP contribution in [-0.4, -0.2) is 12.6 Å². The van der Waals surface area contributed by atoms with Crippen molar-refractivity contribution in [1.29, 1.82) is 0 Å². The van der Waals surface area contributed by atoms with Gasteiger partial charge in [0.25, 0.3) is 0 Å². The quantitative estimate of drug-likeness (QED) is 0.436. The van der Waals surface area contributed by atoms with Crippen LogP contribution in [0.2, 0.25) is 0 Å². The van der Waals surface area contributed by atoms with Crippen LogP contribution in [0.5, 0.6) is 0 Å². The van der Waals surface area contributed by atoms with Gasteiger partial charge in [-0.3, -0.25) is 0 Å². The van der Waals surface area contributed by atoms with Gasteiger partial charge in [-0.2, -0.15) is 0 Å².